The van der Waals surface area contributed by atoms with Crippen LogP contribution >= 0.6 is 0 Å². The number of carbonyl (C=O) groups excluding carboxylic acids is 1. The zero-order valence-electron chi connectivity index (χ0n) is 9.93. The lowest BCUT2D eigenvalue weighted by Gasteiger charge is -2.13. The van der Waals surface area contributed by atoms with Crippen molar-refractivity contribution in [3.63, 3.8) is 0 Å². The number of rotatable bonds is 7. The van der Waals surface area contributed by atoms with E-state index < -0.39 is 0 Å². The average molecular weight is 212 g/mol. The number of hydrogen-bond donors (Lipinski definition) is 1. The molecule has 0 atom stereocenters. The van der Waals surface area contributed by atoms with Gasteiger partial charge in [0.15, 0.2) is 0 Å². The summed E-state index contributed by atoms with van der Waals surface area (Å²) in [5, 5.41) is 2.98. The SMILES string of the molecule is CCCCCNC(=O)CCN1CCCC1. The van der Waals surface area contributed by atoms with Crippen molar-refractivity contribution in [1.29, 1.82) is 0 Å². The third-order valence-corrected chi connectivity index (χ3v) is 2.96. The minimum Gasteiger partial charge on any atom is -0.356 e. The Hall–Kier alpha value is -0.570. The third-order valence-electron chi connectivity index (χ3n) is 2.96. The van der Waals surface area contributed by atoms with E-state index in [4.69, 9.17) is 0 Å². The normalized spacial score (nSPS) is 16.9. The second-order valence-corrected chi connectivity index (χ2v) is 4.36. The molecule has 3 nitrogen and oxygen atoms in total. The van der Waals surface area contributed by atoms with E-state index in [9.17, 15) is 4.79 Å². The summed E-state index contributed by atoms with van der Waals surface area (Å²) in [5.74, 6) is 0.220. The maximum atomic E-state index is 11.4. The van der Waals surface area contributed by atoms with Gasteiger partial charge in [-0.05, 0) is 32.4 Å². The van der Waals surface area contributed by atoms with E-state index in [0.717, 1.165) is 19.5 Å². The molecule has 0 unspecified atom stereocenters. The molecule has 0 bridgehead atoms. The van der Waals surface area contributed by atoms with Gasteiger partial charge in [0, 0.05) is 19.5 Å². The van der Waals surface area contributed by atoms with Gasteiger partial charge in [0.1, 0.15) is 0 Å². The first kappa shape index (κ1) is 12.5. The Bertz CT molecular complexity index is 176. The Morgan fingerprint density at radius 3 is 2.67 bits per heavy atom. The third kappa shape index (κ3) is 5.78. The van der Waals surface area contributed by atoms with Gasteiger partial charge in [-0.1, -0.05) is 19.8 Å². The molecule has 0 aromatic rings. The molecule has 0 aromatic carbocycles. The summed E-state index contributed by atoms with van der Waals surface area (Å²) in [5.41, 5.74) is 0. The summed E-state index contributed by atoms with van der Waals surface area (Å²) in [6.07, 6.45) is 6.82. The number of carbonyl (C=O) groups is 1. The minimum atomic E-state index is 0.220. The molecule has 1 fully saturated rings. The van der Waals surface area contributed by atoms with E-state index >= 15 is 0 Å². The van der Waals surface area contributed by atoms with E-state index in [1.807, 2.05) is 0 Å². The molecule has 88 valence electrons. The summed E-state index contributed by atoms with van der Waals surface area (Å²) in [6, 6.07) is 0. The molecule has 1 aliphatic heterocycles. The summed E-state index contributed by atoms with van der Waals surface area (Å²) < 4.78 is 0. The van der Waals surface area contributed by atoms with E-state index in [1.165, 1.54) is 38.8 Å². The van der Waals surface area contributed by atoms with E-state index in [2.05, 4.69) is 17.1 Å². The van der Waals surface area contributed by atoms with Gasteiger partial charge >= 0.3 is 0 Å². The summed E-state index contributed by atoms with van der Waals surface area (Å²) in [7, 11) is 0. The Morgan fingerprint density at radius 1 is 1.27 bits per heavy atom. The predicted molar refractivity (Wildman–Crippen MR) is 62.8 cm³/mol. The molecule has 1 aliphatic rings. The van der Waals surface area contributed by atoms with Gasteiger partial charge in [0.25, 0.3) is 0 Å². The zero-order valence-corrected chi connectivity index (χ0v) is 9.93. The molecular formula is C12H24N2O. The monoisotopic (exact) mass is 212 g/mol. The fourth-order valence-corrected chi connectivity index (χ4v) is 1.96. The highest BCUT2D eigenvalue weighted by molar-refractivity contribution is 5.75. The molecule has 1 heterocycles. The summed E-state index contributed by atoms with van der Waals surface area (Å²) in [6.45, 7) is 6.34. The van der Waals surface area contributed by atoms with Crippen molar-refractivity contribution in [1.82, 2.24) is 10.2 Å². The second-order valence-electron chi connectivity index (χ2n) is 4.36. The van der Waals surface area contributed by atoms with Crippen LogP contribution in [-0.4, -0.2) is 37.0 Å². The van der Waals surface area contributed by atoms with Crippen LogP contribution in [0.3, 0.4) is 0 Å². The molecule has 1 saturated heterocycles. The zero-order chi connectivity index (χ0) is 10.9. The molecule has 0 saturated carbocycles. The first-order valence-electron chi connectivity index (χ1n) is 6.32. The van der Waals surface area contributed by atoms with Gasteiger partial charge in [-0.2, -0.15) is 0 Å². The molecule has 0 aromatic heterocycles. The van der Waals surface area contributed by atoms with E-state index in [-0.39, 0.29) is 5.91 Å². The molecule has 3 heteroatoms. The smallest absolute Gasteiger partial charge is 0.221 e. The highest BCUT2D eigenvalue weighted by Gasteiger charge is 2.12. The van der Waals surface area contributed by atoms with Crippen LogP contribution < -0.4 is 5.32 Å². The first-order chi connectivity index (χ1) is 7.33. The van der Waals surface area contributed by atoms with Crippen molar-refractivity contribution in [2.45, 2.75) is 45.4 Å². The maximum Gasteiger partial charge on any atom is 0.221 e. The topological polar surface area (TPSA) is 32.3 Å². The van der Waals surface area contributed by atoms with Gasteiger partial charge in [0.05, 0.1) is 0 Å². The lowest BCUT2D eigenvalue weighted by atomic mass is 10.2. The number of likely N-dealkylation sites (tertiary alicyclic amines) is 1. The highest BCUT2D eigenvalue weighted by Crippen LogP contribution is 2.07. The molecular weight excluding hydrogens is 188 g/mol. The largest absolute Gasteiger partial charge is 0.356 e. The van der Waals surface area contributed by atoms with Gasteiger partial charge in [-0.3, -0.25) is 4.79 Å². The van der Waals surface area contributed by atoms with E-state index in [1.54, 1.807) is 0 Å². The van der Waals surface area contributed by atoms with Crippen LogP contribution in [0, 0.1) is 0 Å². The van der Waals surface area contributed by atoms with Crippen LogP contribution in [0.4, 0.5) is 0 Å². The van der Waals surface area contributed by atoms with Crippen LogP contribution in [0.15, 0.2) is 0 Å². The Morgan fingerprint density at radius 2 is 2.00 bits per heavy atom. The van der Waals surface area contributed by atoms with Gasteiger partial charge in [0.2, 0.25) is 5.91 Å². The highest BCUT2D eigenvalue weighted by atomic mass is 16.1. The van der Waals surface area contributed by atoms with E-state index in [0.29, 0.717) is 6.42 Å². The standard InChI is InChI=1S/C12H24N2O/c1-2-3-4-8-13-12(15)7-11-14-9-5-6-10-14/h2-11H2,1H3,(H,13,15). The Labute approximate surface area is 93.2 Å². The van der Waals surface area contributed by atoms with Gasteiger partial charge in [-0.25, -0.2) is 0 Å². The van der Waals surface area contributed by atoms with Crippen LogP contribution in [0.2, 0.25) is 0 Å². The number of nitrogens with zero attached hydrogens (tertiary/aromatic N) is 1. The predicted octanol–water partition coefficient (Wildman–Crippen LogP) is 1.78. The van der Waals surface area contributed by atoms with Gasteiger partial charge < -0.3 is 10.2 Å². The number of hydrogen-bond acceptors (Lipinski definition) is 2. The Balaban J connectivity index is 1.93. The van der Waals surface area contributed by atoms with Crippen molar-refractivity contribution in [3.05, 3.63) is 0 Å². The molecule has 0 radical (unpaired) electrons. The van der Waals surface area contributed by atoms with Crippen molar-refractivity contribution in [3.8, 4) is 0 Å². The number of unbranched alkanes of at least 4 members (excludes halogenated alkanes) is 2. The number of nitrogens with one attached hydrogen (secondary N) is 1. The van der Waals surface area contributed by atoms with Crippen molar-refractivity contribution in [2.24, 2.45) is 0 Å². The Kier molecular flexibility index (Phi) is 6.41. The van der Waals surface area contributed by atoms with Crippen molar-refractivity contribution >= 4 is 5.91 Å². The van der Waals surface area contributed by atoms with Crippen LogP contribution in [-0.2, 0) is 4.79 Å². The average Bonchev–Trinajstić information content (AvgIpc) is 2.74. The maximum absolute atomic E-state index is 11.4. The van der Waals surface area contributed by atoms with Crippen LogP contribution in [0.25, 0.3) is 0 Å². The number of amides is 1. The van der Waals surface area contributed by atoms with Crippen LogP contribution in [0.1, 0.15) is 45.4 Å². The summed E-state index contributed by atoms with van der Waals surface area (Å²) in [4.78, 5) is 13.8. The minimum absolute atomic E-state index is 0.220. The van der Waals surface area contributed by atoms with Crippen LogP contribution in [0.5, 0.6) is 0 Å². The first-order valence-corrected chi connectivity index (χ1v) is 6.32. The molecule has 0 spiro atoms. The molecule has 15 heavy (non-hydrogen) atoms. The fraction of sp³-hybridized carbons (Fsp3) is 0.917. The molecule has 0 aliphatic carbocycles. The lowest BCUT2D eigenvalue weighted by molar-refractivity contribution is -0.121. The lowest BCUT2D eigenvalue weighted by Crippen LogP contribution is -2.29. The van der Waals surface area contributed by atoms with Gasteiger partial charge in [-0.15, -0.1) is 0 Å². The molecule has 1 N–H and O–H groups in total. The summed E-state index contributed by atoms with van der Waals surface area (Å²) >= 11 is 0. The van der Waals surface area contributed by atoms with Crippen molar-refractivity contribution in [2.75, 3.05) is 26.2 Å². The molecule has 1 amide bonds. The quantitative estimate of drug-likeness (QED) is 0.652. The molecule has 1 rings (SSSR count). The fourth-order valence-electron chi connectivity index (χ4n) is 1.96. The second kappa shape index (κ2) is 7.69. The van der Waals surface area contributed by atoms with Crippen molar-refractivity contribution < 1.29 is 4.79 Å².